The van der Waals surface area contributed by atoms with Gasteiger partial charge in [0.2, 0.25) is 0 Å². The summed E-state index contributed by atoms with van der Waals surface area (Å²) in [4.78, 5) is -0.0453. The second kappa shape index (κ2) is 9.99. The third-order valence-corrected chi connectivity index (χ3v) is 9.69. The van der Waals surface area contributed by atoms with E-state index < -0.39 is 25.1 Å². The first-order valence-corrected chi connectivity index (χ1v) is 14.8. The molecule has 1 N–H and O–H groups in total. The lowest BCUT2D eigenvalue weighted by atomic mass is 10.00. The van der Waals surface area contributed by atoms with Gasteiger partial charge in [0.15, 0.2) is 5.03 Å². The maximum absolute atomic E-state index is 13.6. The van der Waals surface area contributed by atoms with Crippen molar-refractivity contribution in [3.05, 3.63) is 119 Å². The van der Waals surface area contributed by atoms with Crippen LogP contribution in [0.3, 0.4) is 0 Å². The minimum atomic E-state index is -4.29. The first-order chi connectivity index (χ1) is 18.1. The summed E-state index contributed by atoms with van der Waals surface area (Å²) in [6.45, 7) is 1.78. The molecule has 0 saturated heterocycles. The van der Waals surface area contributed by atoms with Crippen LogP contribution >= 0.6 is 11.6 Å². The SMILES string of the molecule is Cc1cc(-c2ccc(F)cc2)ccc1CNS(=O)(=O)c1cc2cc(Cl)ccc2n1S(=O)(=O)c1ccccc1. The van der Waals surface area contributed by atoms with E-state index in [1.165, 1.54) is 48.5 Å². The molecule has 194 valence electrons. The fourth-order valence-electron chi connectivity index (χ4n) is 4.23. The lowest BCUT2D eigenvalue weighted by Crippen LogP contribution is -2.28. The highest BCUT2D eigenvalue weighted by Crippen LogP contribution is 2.31. The average molecular weight is 569 g/mol. The third kappa shape index (κ3) is 4.98. The first-order valence-electron chi connectivity index (χ1n) is 11.5. The average Bonchev–Trinajstić information content (AvgIpc) is 3.29. The monoisotopic (exact) mass is 568 g/mol. The summed E-state index contributed by atoms with van der Waals surface area (Å²) in [7, 11) is -8.54. The fraction of sp³-hybridized carbons (Fsp3) is 0.0714. The second-order valence-electron chi connectivity index (χ2n) is 8.74. The molecule has 4 aromatic carbocycles. The number of hydrogen-bond acceptors (Lipinski definition) is 4. The zero-order valence-electron chi connectivity index (χ0n) is 20.1. The predicted molar refractivity (Wildman–Crippen MR) is 147 cm³/mol. The summed E-state index contributed by atoms with van der Waals surface area (Å²) in [5.41, 5.74) is 3.41. The molecule has 6 nitrogen and oxygen atoms in total. The molecule has 10 heteroatoms. The quantitative estimate of drug-likeness (QED) is 0.256. The number of hydrogen-bond donors (Lipinski definition) is 1. The number of halogens is 2. The summed E-state index contributed by atoms with van der Waals surface area (Å²) in [5, 5.41) is 0.303. The normalized spacial score (nSPS) is 12.2. The topological polar surface area (TPSA) is 85.2 Å². The van der Waals surface area contributed by atoms with Crippen molar-refractivity contribution in [3.63, 3.8) is 0 Å². The van der Waals surface area contributed by atoms with Gasteiger partial charge in [-0.25, -0.2) is 29.9 Å². The zero-order chi connectivity index (χ0) is 27.1. The number of rotatable bonds is 7. The Balaban J connectivity index is 1.51. The highest BCUT2D eigenvalue weighted by atomic mass is 35.5. The van der Waals surface area contributed by atoms with Gasteiger partial charge in [-0.15, -0.1) is 0 Å². The van der Waals surface area contributed by atoms with Gasteiger partial charge in [-0.05, 0) is 77.7 Å². The molecule has 0 aliphatic carbocycles. The van der Waals surface area contributed by atoms with E-state index in [4.69, 9.17) is 11.6 Å². The van der Waals surface area contributed by atoms with E-state index in [1.54, 1.807) is 36.4 Å². The summed E-state index contributed by atoms with van der Waals surface area (Å²) in [6.07, 6.45) is 0. The summed E-state index contributed by atoms with van der Waals surface area (Å²) in [6, 6.07) is 25.0. The highest BCUT2D eigenvalue weighted by molar-refractivity contribution is 7.92. The predicted octanol–water partition coefficient (Wildman–Crippen LogP) is 6.12. The van der Waals surface area contributed by atoms with E-state index in [0.29, 0.717) is 16.0 Å². The number of benzene rings is 4. The molecule has 0 bridgehead atoms. The van der Waals surface area contributed by atoms with Crippen molar-refractivity contribution in [1.29, 1.82) is 0 Å². The third-order valence-electron chi connectivity index (χ3n) is 6.22. The molecule has 38 heavy (non-hydrogen) atoms. The van der Waals surface area contributed by atoms with Gasteiger partial charge in [0.05, 0.1) is 10.4 Å². The van der Waals surface area contributed by atoms with Gasteiger partial charge in [-0.2, -0.15) is 0 Å². The number of sulfonamides is 1. The lowest BCUT2D eigenvalue weighted by molar-refractivity contribution is 0.565. The van der Waals surface area contributed by atoms with E-state index in [-0.39, 0.29) is 22.8 Å². The van der Waals surface area contributed by atoms with E-state index >= 15 is 0 Å². The molecule has 5 aromatic rings. The molecule has 1 aromatic heterocycles. The Labute approximate surface area is 225 Å². The number of aryl methyl sites for hydroxylation is 1. The van der Waals surface area contributed by atoms with Gasteiger partial charge >= 0.3 is 0 Å². The van der Waals surface area contributed by atoms with Crippen molar-refractivity contribution in [2.24, 2.45) is 0 Å². The standard InChI is InChI=1S/C28H22ClFN2O4S2/c1-19-15-21(20-9-12-25(30)13-10-20)7-8-22(19)18-31-37(33,34)28-17-23-16-24(29)11-14-27(23)32(28)38(35,36)26-5-3-2-4-6-26/h2-17,31H,18H2,1H3. The Morgan fingerprint density at radius 3 is 2.18 bits per heavy atom. The van der Waals surface area contributed by atoms with Crippen LogP contribution in [0.5, 0.6) is 0 Å². The van der Waals surface area contributed by atoms with Crippen molar-refractivity contribution in [1.82, 2.24) is 8.69 Å². The van der Waals surface area contributed by atoms with Gasteiger partial charge in [-0.3, -0.25) is 0 Å². The van der Waals surface area contributed by atoms with Gasteiger partial charge in [-0.1, -0.05) is 60.1 Å². The van der Waals surface area contributed by atoms with Crippen LogP contribution < -0.4 is 4.72 Å². The molecule has 1 heterocycles. The maximum Gasteiger partial charge on any atom is 0.269 e. The molecule has 0 radical (unpaired) electrons. The Morgan fingerprint density at radius 1 is 0.816 bits per heavy atom. The van der Waals surface area contributed by atoms with Crippen LogP contribution in [0.15, 0.2) is 107 Å². The number of fused-ring (bicyclic) bond motifs is 1. The Kier molecular flexibility index (Phi) is 6.87. The molecule has 5 rings (SSSR count). The van der Waals surface area contributed by atoms with Crippen molar-refractivity contribution < 1.29 is 21.2 Å². The van der Waals surface area contributed by atoms with Crippen LogP contribution in [0.25, 0.3) is 22.0 Å². The molecule has 0 saturated carbocycles. The Hall–Kier alpha value is -3.50. The second-order valence-corrected chi connectivity index (χ2v) is 12.7. The number of nitrogens with one attached hydrogen (secondary N) is 1. The zero-order valence-corrected chi connectivity index (χ0v) is 22.5. The van der Waals surface area contributed by atoms with E-state index in [0.717, 1.165) is 20.7 Å². The molecule has 0 amide bonds. The van der Waals surface area contributed by atoms with Crippen LogP contribution in [-0.2, 0) is 26.6 Å². The fourth-order valence-corrected chi connectivity index (χ4v) is 7.52. The van der Waals surface area contributed by atoms with Crippen LogP contribution in [0.4, 0.5) is 4.39 Å². The molecule has 0 aliphatic heterocycles. The molecular weight excluding hydrogens is 547 g/mol. The van der Waals surface area contributed by atoms with Crippen molar-refractivity contribution in [2.45, 2.75) is 23.4 Å². The van der Waals surface area contributed by atoms with Gasteiger partial charge in [0, 0.05) is 17.0 Å². The lowest BCUT2D eigenvalue weighted by Gasteiger charge is -2.14. The van der Waals surface area contributed by atoms with E-state index in [2.05, 4.69) is 4.72 Å². The number of nitrogens with zero attached hydrogens (tertiary/aromatic N) is 1. The smallest absolute Gasteiger partial charge is 0.221 e. The first kappa shape index (κ1) is 26.1. The largest absolute Gasteiger partial charge is 0.269 e. The summed E-state index contributed by atoms with van der Waals surface area (Å²) in [5.74, 6) is -0.328. The van der Waals surface area contributed by atoms with Crippen LogP contribution in [0.1, 0.15) is 11.1 Å². The van der Waals surface area contributed by atoms with Crippen LogP contribution in [0.2, 0.25) is 5.02 Å². The van der Waals surface area contributed by atoms with Gasteiger partial charge in [0.25, 0.3) is 20.0 Å². The molecular formula is C28H22ClFN2O4S2. The van der Waals surface area contributed by atoms with Crippen molar-refractivity contribution in [2.75, 3.05) is 0 Å². The van der Waals surface area contributed by atoms with Gasteiger partial charge < -0.3 is 0 Å². The van der Waals surface area contributed by atoms with Gasteiger partial charge in [0.1, 0.15) is 5.82 Å². The minimum absolute atomic E-state index is 0.0453. The van der Waals surface area contributed by atoms with Crippen LogP contribution in [0, 0.1) is 12.7 Å². The molecule has 0 atom stereocenters. The minimum Gasteiger partial charge on any atom is -0.221 e. The molecule has 0 aliphatic rings. The Morgan fingerprint density at radius 2 is 1.50 bits per heavy atom. The summed E-state index contributed by atoms with van der Waals surface area (Å²) < 4.78 is 70.9. The van der Waals surface area contributed by atoms with E-state index in [1.807, 2.05) is 19.1 Å². The van der Waals surface area contributed by atoms with Crippen molar-refractivity contribution in [3.8, 4) is 11.1 Å². The maximum atomic E-state index is 13.6. The van der Waals surface area contributed by atoms with Crippen LogP contribution in [-0.4, -0.2) is 20.8 Å². The van der Waals surface area contributed by atoms with E-state index in [9.17, 15) is 21.2 Å². The summed E-state index contributed by atoms with van der Waals surface area (Å²) >= 11 is 6.11. The Bertz CT molecular complexity index is 1870. The molecule has 0 unspecified atom stereocenters. The number of aromatic nitrogens is 1. The molecule has 0 fully saturated rings. The van der Waals surface area contributed by atoms with Crippen molar-refractivity contribution >= 4 is 42.6 Å². The highest BCUT2D eigenvalue weighted by Gasteiger charge is 2.30. The molecule has 0 spiro atoms.